The molecule has 0 fully saturated rings. The van der Waals surface area contributed by atoms with Crippen LogP contribution in [-0.2, 0) is 11.2 Å². The number of nitrogens with zero attached hydrogens (tertiary/aromatic N) is 1. The fourth-order valence-electron chi connectivity index (χ4n) is 2.66. The predicted octanol–water partition coefficient (Wildman–Crippen LogP) is 2.40. The summed E-state index contributed by atoms with van der Waals surface area (Å²) in [6, 6.07) is 6.55. The molecule has 0 aliphatic carbocycles. The molecule has 0 saturated carbocycles. The molecule has 0 spiro atoms. The van der Waals surface area contributed by atoms with Gasteiger partial charge >= 0.3 is 0 Å². The van der Waals surface area contributed by atoms with Gasteiger partial charge in [0, 0.05) is 19.1 Å². The standard InChI is InChI=1S/C16H25N3O/c1-4-19(11-15(20)18-12(2)3)14-9-5-7-13-8-6-10-17-16(13)14/h5,7,9,12,17H,4,6,8,10-11H2,1-3H3,(H,18,20). The average Bonchev–Trinajstić information content (AvgIpc) is 2.43. The monoisotopic (exact) mass is 275 g/mol. The van der Waals surface area contributed by atoms with Gasteiger partial charge in [-0.2, -0.15) is 0 Å². The van der Waals surface area contributed by atoms with Gasteiger partial charge in [-0.15, -0.1) is 0 Å². The largest absolute Gasteiger partial charge is 0.383 e. The summed E-state index contributed by atoms with van der Waals surface area (Å²) < 4.78 is 0. The Morgan fingerprint density at radius 2 is 2.25 bits per heavy atom. The van der Waals surface area contributed by atoms with Gasteiger partial charge in [0.1, 0.15) is 0 Å². The lowest BCUT2D eigenvalue weighted by atomic mass is 10.0. The molecule has 20 heavy (non-hydrogen) atoms. The molecular weight excluding hydrogens is 250 g/mol. The third-order valence-electron chi connectivity index (χ3n) is 3.56. The first-order chi connectivity index (χ1) is 9.61. The lowest BCUT2D eigenvalue weighted by molar-refractivity contribution is -0.120. The SMILES string of the molecule is CCN(CC(=O)NC(C)C)c1cccc2c1NCCC2. The van der Waals surface area contributed by atoms with Gasteiger partial charge in [0.05, 0.1) is 17.9 Å². The molecule has 1 heterocycles. The van der Waals surface area contributed by atoms with Gasteiger partial charge in [0.25, 0.3) is 0 Å². The summed E-state index contributed by atoms with van der Waals surface area (Å²) in [4.78, 5) is 14.1. The number of likely N-dealkylation sites (N-methyl/N-ethyl adjacent to an activating group) is 1. The molecule has 4 nitrogen and oxygen atoms in total. The highest BCUT2D eigenvalue weighted by molar-refractivity contribution is 5.84. The van der Waals surface area contributed by atoms with Crippen molar-refractivity contribution >= 4 is 17.3 Å². The molecule has 1 aromatic rings. The van der Waals surface area contributed by atoms with Gasteiger partial charge in [-0.25, -0.2) is 0 Å². The molecular formula is C16H25N3O. The molecule has 1 aliphatic heterocycles. The summed E-state index contributed by atoms with van der Waals surface area (Å²) in [5, 5.41) is 6.44. The van der Waals surface area contributed by atoms with E-state index in [2.05, 4.69) is 40.7 Å². The molecule has 0 saturated heterocycles. The first kappa shape index (κ1) is 14.7. The van der Waals surface area contributed by atoms with E-state index in [4.69, 9.17) is 0 Å². The van der Waals surface area contributed by atoms with Crippen molar-refractivity contribution in [1.82, 2.24) is 5.32 Å². The first-order valence-electron chi connectivity index (χ1n) is 7.52. The van der Waals surface area contributed by atoms with Crippen LogP contribution in [0.15, 0.2) is 18.2 Å². The van der Waals surface area contributed by atoms with Gasteiger partial charge in [0.15, 0.2) is 0 Å². The Morgan fingerprint density at radius 3 is 2.95 bits per heavy atom. The Morgan fingerprint density at radius 1 is 1.45 bits per heavy atom. The molecule has 0 aromatic heterocycles. The first-order valence-corrected chi connectivity index (χ1v) is 7.52. The van der Waals surface area contributed by atoms with Crippen molar-refractivity contribution in [3.05, 3.63) is 23.8 Å². The molecule has 2 rings (SSSR count). The second-order valence-corrected chi connectivity index (χ2v) is 5.58. The molecule has 0 unspecified atom stereocenters. The van der Waals surface area contributed by atoms with E-state index >= 15 is 0 Å². The number of hydrogen-bond acceptors (Lipinski definition) is 3. The van der Waals surface area contributed by atoms with E-state index in [0.29, 0.717) is 6.54 Å². The van der Waals surface area contributed by atoms with Crippen LogP contribution < -0.4 is 15.5 Å². The molecule has 1 aromatic carbocycles. The summed E-state index contributed by atoms with van der Waals surface area (Å²) in [5.41, 5.74) is 3.71. The molecule has 2 N–H and O–H groups in total. The van der Waals surface area contributed by atoms with Gasteiger partial charge in [0.2, 0.25) is 5.91 Å². The highest BCUT2D eigenvalue weighted by Crippen LogP contribution is 2.32. The number of fused-ring (bicyclic) bond motifs is 1. The van der Waals surface area contributed by atoms with Gasteiger partial charge in [-0.3, -0.25) is 4.79 Å². The van der Waals surface area contributed by atoms with E-state index < -0.39 is 0 Å². The van der Waals surface area contributed by atoms with Gasteiger partial charge < -0.3 is 15.5 Å². The topological polar surface area (TPSA) is 44.4 Å². The van der Waals surface area contributed by atoms with Crippen molar-refractivity contribution in [2.45, 2.75) is 39.7 Å². The predicted molar refractivity (Wildman–Crippen MR) is 84.4 cm³/mol. The van der Waals surface area contributed by atoms with Crippen molar-refractivity contribution in [2.24, 2.45) is 0 Å². The van der Waals surface area contributed by atoms with Crippen LogP contribution in [0.5, 0.6) is 0 Å². The summed E-state index contributed by atoms with van der Waals surface area (Å²) in [5.74, 6) is 0.0789. The maximum atomic E-state index is 12.0. The highest BCUT2D eigenvalue weighted by Gasteiger charge is 2.18. The highest BCUT2D eigenvalue weighted by atomic mass is 16.2. The number of rotatable bonds is 5. The second kappa shape index (κ2) is 6.64. The third-order valence-corrected chi connectivity index (χ3v) is 3.56. The molecule has 1 amide bonds. The molecule has 0 atom stereocenters. The number of benzene rings is 1. The van der Waals surface area contributed by atoms with Crippen LogP contribution in [0.4, 0.5) is 11.4 Å². The van der Waals surface area contributed by atoms with Crippen LogP contribution in [0.3, 0.4) is 0 Å². The van der Waals surface area contributed by atoms with Crippen molar-refractivity contribution in [3.63, 3.8) is 0 Å². The Balaban J connectivity index is 2.17. The van der Waals surface area contributed by atoms with Crippen molar-refractivity contribution in [2.75, 3.05) is 29.9 Å². The number of anilines is 2. The lowest BCUT2D eigenvalue weighted by Gasteiger charge is -2.29. The fourth-order valence-corrected chi connectivity index (χ4v) is 2.66. The zero-order valence-corrected chi connectivity index (χ0v) is 12.7. The Bertz CT molecular complexity index is 471. The molecule has 4 heteroatoms. The van der Waals surface area contributed by atoms with Crippen molar-refractivity contribution in [3.8, 4) is 0 Å². The zero-order valence-electron chi connectivity index (χ0n) is 12.7. The number of para-hydroxylation sites is 1. The fraction of sp³-hybridized carbons (Fsp3) is 0.562. The number of carbonyl (C=O) groups excluding carboxylic acids is 1. The number of carbonyl (C=O) groups is 1. The Hall–Kier alpha value is -1.71. The smallest absolute Gasteiger partial charge is 0.239 e. The van der Waals surface area contributed by atoms with E-state index in [1.165, 1.54) is 17.7 Å². The minimum Gasteiger partial charge on any atom is -0.383 e. The molecule has 0 radical (unpaired) electrons. The van der Waals surface area contributed by atoms with E-state index in [-0.39, 0.29) is 11.9 Å². The summed E-state index contributed by atoms with van der Waals surface area (Å²) >= 11 is 0. The van der Waals surface area contributed by atoms with Gasteiger partial charge in [-0.1, -0.05) is 12.1 Å². The molecule has 110 valence electrons. The minimum atomic E-state index is 0.0789. The number of nitrogens with one attached hydrogen (secondary N) is 2. The maximum absolute atomic E-state index is 12.0. The number of hydrogen-bond donors (Lipinski definition) is 2. The second-order valence-electron chi connectivity index (χ2n) is 5.58. The normalized spacial score (nSPS) is 13.6. The van der Waals surface area contributed by atoms with Gasteiger partial charge in [-0.05, 0) is 45.2 Å². The number of aryl methyl sites for hydroxylation is 1. The Kier molecular flexibility index (Phi) is 4.88. The molecule has 1 aliphatic rings. The zero-order chi connectivity index (χ0) is 14.5. The lowest BCUT2D eigenvalue weighted by Crippen LogP contribution is -2.40. The Labute approximate surface area is 121 Å². The van der Waals surface area contributed by atoms with Crippen LogP contribution in [0, 0.1) is 0 Å². The average molecular weight is 275 g/mol. The van der Waals surface area contributed by atoms with Crippen molar-refractivity contribution < 1.29 is 4.79 Å². The van der Waals surface area contributed by atoms with E-state index in [1.807, 2.05) is 13.8 Å². The number of amides is 1. The summed E-state index contributed by atoms with van der Waals surface area (Å²) in [6.45, 7) is 8.31. The third kappa shape index (κ3) is 3.44. The van der Waals surface area contributed by atoms with Crippen LogP contribution in [0.1, 0.15) is 32.8 Å². The van der Waals surface area contributed by atoms with E-state index in [0.717, 1.165) is 25.2 Å². The minimum absolute atomic E-state index is 0.0789. The van der Waals surface area contributed by atoms with Crippen LogP contribution in [0.25, 0.3) is 0 Å². The van der Waals surface area contributed by atoms with Crippen LogP contribution in [-0.4, -0.2) is 31.6 Å². The summed E-state index contributed by atoms with van der Waals surface area (Å²) in [7, 11) is 0. The molecule has 0 bridgehead atoms. The van der Waals surface area contributed by atoms with Crippen molar-refractivity contribution in [1.29, 1.82) is 0 Å². The van der Waals surface area contributed by atoms with Crippen LogP contribution >= 0.6 is 0 Å². The summed E-state index contributed by atoms with van der Waals surface area (Å²) in [6.07, 6.45) is 2.29. The maximum Gasteiger partial charge on any atom is 0.239 e. The quantitative estimate of drug-likeness (QED) is 0.867. The van der Waals surface area contributed by atoms with E-state index in [1.54, 1.807) is 0 Å². The van der Waals surface area contributed by atoms with E-state index in [9.17, 15) is 4.79 Å². The van der Waals surface area contributed by atoms with Crippen LogP contribution in [0.2, 0.25) is 0 Å².